The zero-order valence-electron chi connectivity index (χ0n) is 7.38. The number of nitrogens with two attached hydrogens (primary N) is 1. The molecule has 0 radical (unpaired) electrons. The summed E-state index contributed by atoms with van der Waals surface area (Å²) >= 11 is 5.52. The van der Waals surface area contributed by atoms with Gasteiger partial charge in [0.15, 0.2) is 0 Å². The molecule has 0 rings (SSSR count). The monoisotopic (exact) mass is 225 g/mol. The van der Waals surface area contributed by atoms with E-state index >= 15 is 0 Å². The first-order chi connectivity index (χ1) is 6.11. The van der Waals surface area contributed by atoms with Gasteiger partial charge in [0.1, 0.15) is 12.7 Å². The Bertz CT molecular complexity index is 189. The lowest BCUT2D eigenvalue weighted by Gasteiger charge is -2.13. The van der Waals surface area contributed by atoms with Crippen LogP contribution in [-0.2, 0) is 14.1 Å². The number of hydrogen-bond acceptors (Lipinski definition) is 4. The number of esters is 1. The number of ether oxygens (including phenoxy) is 1. The second-order valence-electron chi connectivity index (χ2n) is 2.39. The van der Waals surface area contributed by atoms with Crippen LogP contribution in [0, 0.1) is 0 Å². The number of hydrogen-bond donors (Lipinski definition) is 1. The van der Waals surface area contributed by atoms with Crippen LogP contribution in [0.1, 0.15) is 6.92 Å². The Morgan fingerprint density at radius 1 is 1.77 bits per heavy atom. The van der Waals surface area contributed by atoms with Crippen LogP contribution < -0.4 is 5.50 Å². The van der Waals surface area contributed by atoms with Crippen LogP contribution in [0.5, 0.6) is 0 Å². The molecule has 0 amide bonds. The van der Waals surface area contributed by atoms with Crippen LogP contribution >= 0.6 is 20.6 Å². The lowest BCUT2D eigenvalue weighted by atomic mass is 10.3. The van der Waals surface area contributed by atoms with Gasteiger partial charge in [0.05, 0.1) is 14.8 Å². The molecule has 0 aliphatic carbocycles. The van der Waals surface area contributed by atoms with Gasteiger partial charge >= 0.3 is 5.97 Å². The molecule has 0 aromatic rings. The van der Waals surface area contributed by atoms with E-state index in [2.05, 4.69) is 6.58 Å². The van der Waals surface area contributed by atoms with Crippen molar-refractivity contribution in [2.24, 2.45) is 5.50 Å². The number of rotatable bonds is 6. The van der Waals surface area contributed by atoms with Crippen LogP contribution in [0.2, 0.25) is 0 Å². The fourth-order valence-corrected chi connectivity index (χ4v) is 1.10. The Morgan fingerprint density at radius 2 is 2.38 bits per heavy atom. The summed E-state index contributed by atoms with van der Waals surface area (Å²) in [5, 5.41) is 0. The fourth-order valence-electron chi connectivity index (χ4n) is 0.498. The van der Waals surface area contributed by atoms with Crippen molar-refractivity contribution in [1.82, 2.24) is 0 Å². The first kappa shape index (κ1) is 12.8. The fraction of sp³-hybridized carbons (Fsp3) is 0.571. The van der Waals surface area contributed by atoms with Gasteiger partial charge < -0.3 is 9.26 Å². The standard InChI is InChI=1S/C7H13ClNO3P/c1-5(2)7(10)11-4-6(3-8)12-13-9/h6,13H,1,3-4,9H2,2H3. The summed E-state index contributed by atoms with van der Waals surface area (Å²) in [6, 6.07) is 0. The molecule has 0 saturated heterocycles. The van der Waals surface area contributed by atoms with Crippen LogP contribution in [0.4, 0.5) is 0 Å². The van der Waals surface area contributed by atoms with Crippen molar-refractivity contribution in [2.45, 2.75) is 13.0 Å². The van der Waals surface area contributed by atoms with Gasteiger partial charge in [0, 0.05) is 5.57 Å². The molecule has 2 unspecified atom stereocenters. The van der Waals surface area contributed by atoms with Gasteiger partial charge in [-0.05, 0) is 6.92 Å². The maximum Gasteiger partial charge on any atom is 0.333 e. The molecule has 6 heteroatoms. The van der Waals surface area contributed by atoms with Gasteiger partial charge in [-0.2, -0.15) is 0 Å². The predicted octanol–water partition coefficient (Wildman–Crippen LogP) is 1.20. The summed E-state index contributed by atoms with van der Waals surface area (Å²) in [5.41, 5.74) is 5.51. The molecule has 2 N–H and O–H groups in total. The normalized spacial score (nSPS) is 13.2. The van der Waals surface area contributed by atoms with E-state index in [0.717, 1.165) is 0 Å². The quantitative estimate of drug-likeness (QED) is 0.319. The summed E-state index contributed by atoms with van der Waals surface area (Å²) in [4.78, 5) is 10.9. The van der Waals surface area contributed by atoms with Crippen molar-refractivity contribution < 1.29 is 14.1 Å². The third-order valence-electron chi connectivity index (χ3n) is 1.16. The van der Waals surface area contributed by atoms with Crippen molar-refractivity contribution in [3.8, 4) is 0 Å². The molecule has 76 valence electrons. The van der Waals surface area contributed by atoms with Crippen LogP contribution in [0.15, 0.2) is 12.2 Å². The predicted molar refractivity (Wildman–Crippen MR) is 53.9 cm³/mol. The van der Waals surface area contributed by atoms with E-state index in [1.165, 1.54) is 0 Å². The number of alkyl halides is 1. The minimum atomic E-state index is -0.445. The lowest BCUT2D eigenvalue weighted by molar-refractivity contribution is -0.140. The zero-order chi connectivity index (χ0) is 10.3. The van der Waals surface area contributed by atoms with Crippen molar-refractivity contribution in [2.75, 3.05) is 12.5 Å². The minimum Gasteiger partial charge on any atom is -0.460 e. The molecule has 0 fully saturated rings. The highest BCUT2D eigenvalue weighted by Crippen LogP contribution is 2.08. The average Bonchev–Trinajstić information content (AvgIpc) is 2.11. The van der Waals surface area contributed by atoms with Crippen molar-refractivity contribution >= 4 is 26.5 Å². The van der Waals surface area contributed by atoms with E-state index in [1.807, 2.05) is 0 Å². The smallest absolute Gasteiger partial charge is 0.333 e. The maximum absolute atomic E-state index is 10.9. The van der Waals surface area contributed by atoms with Crippen LogP contribution in [0.25, 0.3) is 0 Å². The van der Waals surface area contributed by atoms with E-state index < -0.39 is 5.97 Å². The molecule has 2 atom stereocenters. The van der Waals surface area contributed by atoms with Gasteiger partial charge in [0.25, 0.3) is 0 Å². The van der Waals surface area contributed by atoms with Gasteiger partial charge in [-0.1, -0.05) is 6.58 Å². The van der Waals surface area contributed by atoms with E-state index in [9.17, 15) is 4.79 Å². The Kier molecular flexibility index (Phi) is 7.19. The average molecular weight is 226 g/mol. The molecule has 0 saturated carbocycles. The molecule has 0 aromatic heterocycles. The first-order valence-corrected chi connectivity index (χ1v) is 5.13. The third kappa shape index (κ3) is 5.99. The summed E-state index contributed by atoms with van der Waals surface area (Å²) < 4.78 is 9.80. The van der Waals surface area contributed by atoms with Crippen LogP contribution in [-0.4, -0.2) is 24.6 Å². The van der Waals surface area contributed by atoms with Crippen LogP contribution in [0.3, 0.4) is 0 Å². The summed E-state index contributed by atoms with van der Waals surface area (Å²) in [5.74, 6) is -0.202. The largest absolute Gasteiger partial charge is 0.460 e. The molecule has 0 aliphatic rings. The highest BCUT2D eigenvalue weighted by atomic mass is 35.5. The third-order valence-corrected chi connectivity index (χ3v) is 1.97. The molecule has 13 heavy (non-hydrogen) atoms. The lowest BCUT2D eigenvalue weighted by Crippen LogP contribution is -2.21. The second kappa shape index (κ2) is 7.27. The SMILES string of the molecule is C=C(C)C(=O)OCC(CCl)OPN. The number of halogens is 1. The molecular formula is C7H13ClNO3P. The summed E-state index contributed by atoms with van der Waals surface area (Å²) in [7, 11) is -0.155. The number of carbonyl (C=O) groups excluding carboxylic acids is 1. The molecule has 0 spiro atoms. The maximum atomic E-state index is 10.9. The molecule has 0 aromatic carbocycles. The second-order valence-corrected chi connectivity index (χ2v) is 3.17. The minimum absolute atomic E-state index is 0.111. The Labute approximate surface area is 84.3 Å². The highest BCUT2D eigenvalue weighted by molar-refractivity contribution is 7.29. The molecule has 4 nitrogen and oxygen atoms in total. The van der Waals surface area contributed by atoms with Crippen molar-refractivity contribution in [1.29, 1.82) is 0 Å². The van der Waals surface area contributed by atoms with Gasteiger partial charge in [-0.15, -0.1) is 11.6 Å². The number of carbonyl (C=O) groups is 1. The first-order valence-electron chi connectivity index (χ1n) is 3.61. The zero-order valence-corrected chi connectivity index (χ0v) is 9.13. The van der Waals surface area contributed by atoms with E-state index in [0.29, 0.717) is 5.57 Å². The van der Waals surface area contributed by atoms with E-state index in [4.69, 9.17) is 26.4 Å². The van der Waals surface area contributed by atoms with Gasteiger partial charge in [-0.3, -0.25) is 5.50 Å². The topological polar surface area (TPSA) is 61.5 Å². The van der Waals surface area contributed by atoms with Gasteiger partial charge in [-0.25, -0.2) is 4.79 Å². The molecule has 0 bridgehead atoms. The van der Waals surface area contributed by atoms with Gasteiger partial charge in [0.2, 0.25) is 0 Å². The highest BCUT2D eigenvalue weighted by Gasteiger charge is 2.11. The summed E-state index contributed by atoms with van der Waals surface area (Å²) in [6.45, 7) is 5.12. The van der Waals surface area contributed by atoms with Crippen molar-refractivity contribution in [3.05, 3.63) is 12.2 Å². The van der Waals surface area contributed by atoms with Crippen molar-refractivity contribution in [3.63, 3.8) is 0 Å². The Hall–Kier alpha value is -0.150. The Morgan fingerprint density at radius 3 is 2.77 bits per heavy atom. The van der Waals surface area contributed by atoms with E-state index in [1.54, 1.807) is 6.92 Å². The van der Waals surface area contributed by atoms with E-state index in [-0.39, 0.29) is 27.5 Å². The summed E-state index contributed by atoms with van der Waals surface area (Å²) in [6.07, 6.45) is -0.340. The molecule has 0 aliphatic heterocycles. The molecular weight excluding hydrogens is 213 g/mol. The Balaban J connectivity index is 3.71. The molecule has 0 heterocycles.